The number of aromatic nitrogens is 5. The fraction of sp³-hybridized carbons (Fsp3) is 0.429. The first-order valence-corrected chi connectivity index (χ1v) is 7.28. The highest BCUT2D eigenvalue weighted by Crippen LogP contribution is 2.25. The van der Waals surface area contributed by atoms with Gasteiger partial charge in [-0.15, -0.1) is 12.4 Å². The molecule has 0 radical (unpaired) electrons. The normalized spacial score (nSPS) is 19.0. The van der Waals surface area contributed by atoms with Crippen LogP contribution in [-0.4, -0.2) is 56.3 Å². The molecule has 0 aliphatic carbocycles. The lowest BCUT2D eigenvalue weighted by Crippen LogP contribution is -2.44. The lowest BCUT2D eigenvalue weighted by molar-refractivity contribution is 0.190. The summed E-state index contributed by atoms with van der Waals surface area (Å²) >= 11 is 0. The highest BCUT2D eigenvalue weighted by Gasteiger charge is 2.26. The molecule has 0 amide bonds. The molecule has 8 nitrogen and oxygen atoms in total. The zero-order valence-electron chi connectivity index (χ0n) is 12.9. The molecule has 0 spiro atoms. The summed E-state index contributed by atoms with van der Waals surface area (Å²) in [5.41, 5.74) is 2.41. The molecule has 0 aromatic carbocycles. The van der Waals surface area contributed by atoms with E-state index in [0.29, 0.717) is 11.7 Å². The molecular weight excluding hydrogens is 318 g/mol. The number of likely N-dealkylation sites (N-methyl/N-ethyl adjacent to an activating group) is 1. The minimum absolute atomic E-state index is 0. The van der Waals surface area contributed by atoms with E-state index in [1.54, 1.807) is 10.7 Å². The van der Waals surface area contributed by atoms with Crippen molar-refractivity contribution in [3.05, 3.63) is 30.0 Å². The summed E-state index contributed by atoms with van der Waals surface area (Å²) in [5, 5.41) is 11.8. The number of nitrogens with one attached hydrogen (secondary N) is 1. The molecule has 1 atom stereocenters. The summed E-state index contributed by atoms with van der Waals surface area (Å²) in [6, 6.07) is 2.04. The van der Waals surface area contributed by atoms with Gasteiger partial charge in [0.25, 0.3) is 5.89 Å². The lowest BCUT2D eigenvalue weighted by atomic mass is 10.2. The molecule has 23 heavy (non-hydrogen) atoms. The molecule has 3 aromatic rings. The SMILES string of the molecule is Cc1ccn2ncc(-c3nc(C4CNCCN4C)no3)c2n1.Cl. The average molecular weight is 336 g/mol. The lowest BCUT2D eigenvalue weighted by Gasteiger charge is -2.30. The van der Waals surface area contributed by atoms with Gasteiger partial charge in [-0.05, 0) is 20.0 Å². The van der Waals surface area contributed by atoms with Crippen molar-refractivity contribution >= 4 is 18.1 Å². The minimum Gasteiger partial charge on any atom is -0.334 e. The Morgan fingerprint density at radius 1 is 1.35 bits per heavy atom. The fourth-order valence-electron chi connectivity index (χ4n) is 2.68. The van der Waals surface area contributed by atoms with E-state index in [1.165, 1.54) is 0 Å². The summed E-state index contributed by atoms with van der Waals surface area (Å²) in [7, 11) is 2.07. The van der Waals surface area contributed by atoms with Crippen LogP contribution in [-0.2, 0) is 0 Å². The predicted molar refractivity (Wildman–Crippen MR) is 86.5 cm³/mol. The van der Waals surface area contributed by atoms with Crippen molar-refractivity contribution in [1.29, 1.82) is 0 Å². The van der Waals surface area contributed by atoms with Crippen molar-refractivity contribution in [1.82, 2.24) is 35.0 Å². The molecule has 0 bridgehead atoms. The Balaban J connectivity index is 0.00000156. The number of nitrogens with zero attached hydrogens (tertiary/aromatic N) is 6. The molecule has 1 N–H and O–H groups in total. The second-order valence-electron chi connectivity index (χ2n) is 5.55. The molecule has 1 unspecified atom stereocenters. The van der Waals surface area contributed by atoms with Crippen molar-refractivity contribution in [3.63, 3.8) is 0 Å². The smallest absolute Gasteiger partial charge is 0.263 e. The van der Waals surface area contributed by atoms with E-state index in [9.17, 15) is 0 Å². The predicted octanol–water partition coefficient (Wildman–Crippen LogP) is 1.09. The van der Waals surface area contributed by atoms with E-state index in [0.717, 1.165) is 36.5 Å². The Bertz CT molecular complexity index is 814. The maximum Gasteiger partial charge on any atom is 0.263 e. The van der Waals surface area contributed by atoms with Crippen LogP contribution in [0.3, 0.4) is 0 Å². The van der Waals surface area contributed by atoms with Gasteiger partial charge in [-0.1, -0.05) is 5.16 Å². The second-order valence-corrected chi connectivity index (χ2v) is 5.55. The Labute approximate surface area is 139 Å². The summed E-state index contributed by atoms with van der Waals surface area (Å²) in [5.74, 6) is 1.15. The van der Waals surface area contributed by atoms with Gasteiger partial charge < -0.3 is 9.84 Å². The van der Waals surface area contributed by atoms with Crippen LogP contribution in [0.2, 0.25) is 0 Å². The molecule has 1 saturated heterocycles. The molecule has 1 aliphatic heterocycles. The summed E-state index contributed by atoms with van der Waals surface area (Å²) in [4.78, 5) is 11.3. The van der Waals surface area contributed by atoms with Crippen LogP contribution in [0.1, 0.15) is 17.6 Å². The standard InChI is InChI=1S/C14H17N7O.ClH/c1-9-3-5-21-13(17-9)10(7-16-21)14-18-12(19-22-14)11-8-15-4-6-20(11)2;/h3,5,7,11,15H,4,6,8H2,1-2H3;1H. The molecular formula is C14H18ClN7O. The number of piperazine rings is 1. The third-order valence-corrected chi connectivity index (χ3v) is 3.99. The molecule has 1 aliphatic rings. The quantitative estimate of drug-likeness (QED) is 0.750. The summed E-state index contributed by atoms with van der Waals surface area (Å²) in [6.07, 6.45) is 3.58. The summed E-state index contributed by atoms with van der Waals surface area (Å²) < 4.78 is 7.16. The third-order valence-electron chi connectivity index (χ3n) is 3.99. The first-order chi connectivity index (χ1) is 10.7. The minimum atomic E-state index is 0. The largest absolute Gasteiger partial charge is 0.334 e. The number of hydrogen-bond acceptors (Lipinski definition) is 7. The van der Waals surface area contributed by atoms with Crippen LogP contribution in [0.4, 0.5) is 0 Å². The van der Waals surface area contributed by atoms with E-state index in [-0.39, 0.29) is 18.4 Å². The maximum atomic E-state index is 5.45. The Morgan fingerprint density at radius 3 is 3.04 bits per heavy atom. The summed E-state index contributed by atoms with van der Waals surface area (Å²) in [6.45, 7) is 4.71. The molecule has 3 aromatic heterocycles. The Morgan fingerprint density at radius 2 is 2.22 bits per heavy atom. The molecule has 122 valence electrons. The van der Waals surface area contributed by atoms with E-state index in [2.05, 4.69) is 37.5 Å². The van der Waals surface area contributed by atoms with Gasteiger partial charge in [-0.3, -0.25) is 4.90 Å². The van der Waals surface area contributed by atoms with Gasteiger partial charge >= 0.3 is 0 Å². The second kappa shape index (κ2) is 6.23. The van der Waals surface area contributed by atoms with Gasteiger partial charge in [-0.2, -0.15) is 10.1 Å². The highest BCUT2D eigenvalue weighted by atomic mass is 35.5. The number of fused-ring (bicyclic) bond motifs is 1. The maximum absolute atomic E-state index is 5.45. The Kier molecular flexibility index (Phi) is 4.29. The van der Waals surface area contributed by atoms with Crippen LogP contribution < -0.4 is 5.32 Å². The first-order valence-electron chi connectivity index (χ1n) is 7.28. The van der Waals surface area contributed by atoms with Crippen LogP contribution in [0.15, 0.2) is 23.0 Å². The monoisotopic (exact) mass is 335 g/mol. The first kappa shape index (κ1) is 15.9. The molecule has 4 rings (SSSR count). The van der Waals surface area contributed by atoms with Crippen LogP contribution in [0.25, 0.3) is 17.1 Å². The third kappa shape index (κ3) is 2.80. The highest BCUT2D eigenvalue weighted by molar-refractivity contribution is 5.85. The van der Waals surface area contributed by atoms with Gasteiger partial charge in [0.05, 0.1) is 12.2 Å². The van der Waals surface area contributed by atoms with Crippen molar-refractivity contribution < 1.29 is 4.52 Å². The fourth-order valence-corrected chi connectivity index (χ4v) is 2.68. The number of hydrogen-bond donors (Lipinski definition) is 1. The van der Waals surface area contributed by atoms with Gasteiger partial charge in [0.1, 0.15) is 5.56 Å². The number of halogens is 1. The topological polar surface area (TPSA) is 84.4 Å². The number of aryl methyl sites for hydroxylation is 1. The zero-order chi connectivity index (χ0) is 15.1. The Hall–Kier alpha value is -2.03. The van der Waals surface area contributed by atoms with Crippen molar-refractivity contribution in [2.24, 2.45) is 0 Å². The van der Waals surface area contributed by atoms with Gasteiger partial charge in [-0.25, -0.2) is 9.50 Å². The van der Waals surface area contributed by atoms with Crippen molar-refractivity contribution in [2.75, 3.05) is 26.7 Å². The number of rotatable bonds is 2. The van der Waals surface area contributed by atoms with Gasteiger partial charge in [0.15, 0.2) is 11.5 Å². The molecule has 4 heterocycles. The van der Waals surface area contributed by atoms with E-state index < -0.39 is 0 Å². The van der Waals surface area contributed by atoms with Gasteiger partial charge in [0, 0.05) is 31.5 Å². The van der Waals surface area contributed by atoms with E-state index >= 15 is 0 Å². The zero-order valence-corrected chi connectivity index (χ0v) is 13.7. The average Bonchev–Trinajstić information content (AvgIpc) is 3.13. The molecule has 0 saturated carbocycles. The van der Waals surface area contributed by atoms with Crippen LogP contribution in [0.5, 0.6) is 0 Å². The van der Waals surface area contributed by atoms with Crippen LogP contribution >= 0.6 is 12.4 Å². The molecule has 1 fully saturated rings. The van der Waals surface area contributed by atoms with Crippen molar-refractivity contribution in [2.45, 2.75) is 13.0 Å². The molecule has 9 heteroatoms. The van der Waals surface area contributed by atoms with E-state index in [4.69, 9.17) is 4.52 Å². The van der Waals surface area contributed by atoms with E-state index in [1.807, 2.05) is 19.2 Å². The van der Waals surface area contributed by atoms with Gasteiger partial charge in [0.2, 0.25) is 0 Å². The van der Waals surface area contributed by atoms with Crippen LogP contribution in [0, 0.1) is 6.92 Å². The van der Waals surface area contributed by atoms with Crippen molar-refractivity contribution in [3.8, 4) is 11.5 Å².